The maximum Gasteiger partial charge on any atom is 0.387 e. The zero-order valence-corrected chi connectivity index (χ0v) is 27.9. The molecular formula is C28H29Cl2F2N3O10S2. The van der Waals surface area contributed by atoms with Crippen LogP contribution in [0.1, 0.15) is 30.1 Å². The number of aromatic nitrogens is 1. The van der Waals surface area contributed by atoms with E-state index in [0.29, 0.717) is 4.73 Å². The van der Waals surface area contributed by atoms with Crippen molar-refractivity contribution in [3.8, 4) is 17.2 Å². The first-order chi connectivity index (χ1) is 22.0. The number of hydrogen-bond donors (Lipinski definition) is 2. The molecular weight excluding hydrogens is 711 g/mol. The van der Waals surface area contributed by atoms with E-state index in [4.69, 9.17) is 37.4 Å². The molecule has 3 aromatic rings. The lowest BCUT2D eigenvalue weighted by molar-refractivity contribution is -0.605. The standard InChI is InChI=1S/C28H29Cl2F2N3O10S2/c1-42-23-8-6-18(10-22(23)34-46(2,38)39)47(40,41)33-12-27(36)44-25(11-19-20(29)13-35(37)14-21(19)30)17-5-7-24(45-28(31)32)26(9-17)43-15-16-3-4-16/h5-10,13-14,16,25,28,33-34H,3-4,11-12,15H2,1-2H3. The number of carbonyl (C=O) groups excluding carboxylic acids is 1. The van der Waals surface area contributed by atoms with Gasteiger partial charge in [-0.05, 0) is 54.7 Å². The molecule has 0 aliphatic heterocycles. The van der Waals surface area contributed by atoms with Crippen molar-refractivity contribution in [2.45, 2.75) is 36.9 Å². The molecule has 256 valence electrons. The summed E-state index contributed by atoms with van der Waals surface area (Å²) in [6.45, 7) is -3.79. The summed E-state index contributed by atoms with van der Waals surface area (Å²) in [6.07, 6.45) is 3.30. The molecule has 0 spiro atoms. The topological polar surface area (TPSA) is 173 Å². The van der Waals surface area contributed by atoms with Gasteiger partial charge >= 0.3 is 12.6 Å². The van der Waals surface area contributed by atoms with E-state index >= 15 is 0 Å². The van der Waals surface area contributed by atoms with E-state index in [0.717, 1.165) is 43.6 Å². The highest BCUT2D eigenvalue weighted by molar-refractivity contribution is 7.92. The van der Waals surface area contributed by atoms with Crippen molar-refractivity contribution >= 4 is 54.9 Å². The van der Waals surface area contributed by atoms with Crippen LogP contribution in [-0.4, -0.2) is 55.9 Å². The minimum absolute atomic E-state index is 0.0443. The number of carbonyl (C=O) groups is 1. The summed E-state index contributed by atoms with van der Waals surface area (Å²) in [7, 11) is -6.94. The molecule has 1 aliphatic rings. The van der Waals surface area contributed by atoms with Gasteiger partial charge in [0, 0.05) is 12.0 Å². The maximum absolute atomic E-state index is 13.1. The molecule has 1 fully saturated rings. The third-order valence-corrected chi connectivity index (χ3v) is 9.27. The summed E-state index contributed by atoms with van der Waals surface area (Å²) in [5.74, 6) is -1.07. The van der Waals surface area contributed by atoms with Crippen molar-refractivity contribution in [2.24, 2.45) is 5.92 Å². The fourth-order valence-corrected chi connectivity index (χ4v) is 6.39. The number of sulfonamides is 2. The lowest BCUT2D eigenvalue weighted by Gasteiger charge is -2.21. The minimum Gasteiger partial charge on any atom is -0.619 e. The highest BCUT2D eigenvalue weighted by Crippen LogP contribution is 2.38. The second kappa shape index (κ2) is 15.1. The molecule has 1 aliphatic carbocycles. The molecule has 1 atom stereocenters. The van der Waals surface area contributed by atoms with Crippen molar-refractivity contribution in [3.05, 3.63) is 75.2 Å². The number of nitrogens with one attached hydrogen (secondary N) is 2. The Morgan fingerprint density at radius 2 is 1.70 bits per heavy atom. The van der Waals surface area contributed by atoms with E-state index in [9.17, 15) is 35.6 Å². The maximum atomic E-state index is 13.1. The van der Waals surface area contributed by atoms with Gasteiger partial charge in [0.2, 0.25) is 20.0 Å². The van der Waals surface area contributed by atoms with Gasteiger partial charge < -0.3 is 24.2 Å². The summed E-state index contributed by atoms with van der Waals surface area (Å²) >= 11 is 12.5. The number of benzene rings is 2. The molecule has 1 aromatic heterocycles. The van der Waals surface area contributed by atoms with Crippen LogP contribution in [0.4, 0.5) is 14.5 Å². The average molecular weight is 741 g/mol. The van der Waals surface area contributed by atoms with E-state index in [1.54, 1.807) is 0 Å². The zero-order chi connectivity index (χ0) is 34.5. The number of hydrogen-bond acceptors (Lipinski definition) is 10. The predicted octanol–water partition coefficient (Wildman–Crippen LogP) is 4.20. The molecule has 2 N–H and O–H groups in total. The highest BCUT2D eigenvalue weighted by Gasteiger charge is 2.27. The monoisotopic (exact) mass is 739 g/mol. The van der Waals surface area contributed by atoms with E-state index in [1.807, 2.05) is 0 Å². The van der Waals surface area contributed by atoms with Crippen molar-refractivity contribution in [3.63, 3.8) is 0 Å². The number of halogens is 4. The Morgan fingerprint density at radius 3 is 2.30 bits per heavy atom. The lowest BCUT2D eigenvalue weighted by Crippen LogP contribution is -2.32. The van der Waals surface area contributed by atoms with Crippen LogP contribution in [0.2, 0.25) is 10.0 Å². The summed E-state index contributed by atoms with van der Waals surface area (Å²) in [5.41, 5.74) is 0.276. The van der Waals surface area contributed by atoms with Crippen molar-refractivity contribution in [2.75, 3.05) is 31.2 Å². The Balaban J connectivity index is 1.59. The quantitative estimate of drug-likeness (QED) is 0.123. The van der Waals surface area contributed by atoms with Crippen LogP contribution < -0.4 is 28.4 Å². The third-order valence-electron chi connectivity index (χ3n) is 6.63. The lowest BCUT2D eigenvalue weighted by atomic mass is 10.0. The average Bonchev–Trinajstić information content (AvgIpc) is 3.80. The van der Waals surface area contributed by atoms with Crippen molar-refractivity contribution < 1.29 is 54.1 Å². The molecule has 47 heavy (non-hydrogen) atoms. The van der Waals surface area contributed by atoms with Gasteiger partial charge in [-0.15, -0.1) is 0 Å². The van der Waals surface area contributed by atoms with Gasteiger partial charge in [0.05, 0.1) is 30.6 Å². The molecule has 1 unspecified atom stereocenters. The zero-order valence-electron chi connectivity index (χ0n) is 24.7. The summed E-state index contributed by atoms with van der Waals surface area (Å²) in [5, 5.41) is 11.7. The van der Waals surface area contributed by atoms with Crippen LogP contribution in [0.5, 0.6) is 17.2 Å². The molecule has 1 saturated carbocycles. The molecule has 13 nitrogen and oxygen atoms in total. The Hall–Kier alpha value is -3.64. The number of esters is 1. The SMILES string of the molecule is COc1ccc(S(=O)(=O)NCC(=O)OC(Cc2c(Cl)c[n+]([O-])cc2Cl)c2ccc(OC(F)F)c(OCC3CC3)c2)cc1NS(C)(=O)=O. The number of rotatable bonds is 16. The number of anilines is 1. The van der Waals surface area contributed by atoms with Gasteiger partial charge in [0.25, 0.3) is 0 Å². The van der Waals surface area contributed by atoms with Crippen LogP contribution in [0.15, 0.2) is 53.7 Å². The van der Waals surface area contributed by atoms with Crippen molar-refractivity contribution in [1.29, 1.82) is 0 Å². The number of ether oxygens (including phenoxy) is 4. The van der Waals surface area contributed by atoms with E-state index < -0.39 is 50.2 Å². The minimum atomic E-state index is -4.40. The van der Waals surface area contributed by atoms with Crippen molar-refractivity contribution in [1.82, 2.24) is 4.72 Å². The van der Waals surface area contributed by atoms with E-state index in [-0.39, 0.29) is 63.1 Å². The summed E-state index contributed by atoms with van der Waals surface area (Å²) in [4.78, 5) is 12.7. The Bertz CT molecular complexity index is 1820. The van der Waals surface area contributed by atoms with E-state index in [1.165, 1.54) is 31.4 Å². The summed E-state index contributed by atoms with van der Waals surface area (Å²) < 4.78 is 101. The molecule has 4 rings (SSSR count). The number of pyridine rings is 1. The van der Waals surface area contributed by atoms with E-state index in [2.05, 4.69) is 14.2 Å². The van der Waals surface area contributed by atoms with Crippen LogP contribution in [0.25, 0.3) is 0 Å². The Labute approximate surface area is 279 Å². The van der Waals surface area contributed by atoms with Gasteiger partial charge in [-0.25, -0.2) is 16.8 Å². The molecule has 1 heterocycles. The largest absolute Gasteiger partial charge is 0.619 e. The first-order valence-corrected chi connectivity index (χ1v) is 17.8. The first kappa shape index (κ1) is 36.2. The van der Waals surface area contributed by atoms with Crippen LogP contribution in [0, 0.1) is 11.1 Å². The van der Waals surface area contributed by atoms with Gasteiger partial charge in [0.1, 0.15) is 28.4 Å². The fourth-order valence-electron chi connectivity index (χ4n) is 4.23. The summed E-state index contributed by atoms with van der Waals surface area (Å²) in [6, 6.07) is 7.25. The molecule has 0 amide bonds. The fraction of sp³-hybridized carbons (Fsp3) is 0.357. The second-order valence-electron chi connectivity index (χ2n) is 10.4. The Kier molecular flexibility index (Phi) is 11.6. The highest BCUT2D eigenvalue weighted by atomic mass is 35.5. The van der Waals surface area contributed by atoms with Gasteiger partial charge in [0.15, 0.2) is 23.9 Å². The Morgan fingerprint density at radius 1 is 1.04 bits per heavy atom. The van der Waals surface area contributed by atoms with Crippen LogP contribution in [0.3, 0.4) is 0 Å². The normalized spacial score (nSPS) is 14.0. The number of alkyl halides is 2. The number of methoxy groups -OCH3 is 1. The third kappa shape index (κ3) is 10.4. The molecule has 2 aromatic carbocycles. The smallest absolute Gasteiger partial charge is 0.387 e. The molecule has 0 radical (unpaired) electrons. The van der Waals surface area contributed by atoms with Gasteiger partial charge in [-0.2, -0.15) is 18.2 Å². The van der Waals surface area contributed by atoms with Gasteiger partial charge in [-0.1, -0.05) is 29.3 Å². The first-order valence-electron chi connectivity index (χ1n) is 13.7. The number of nitrogens with zero attached hydrogens (tertiary/aromatic N) is 1. The molecule has 19 heteroatoms. The van der Waals surface area contributed by atoms with Crippen LogP contribution in [-0.2, 0) is 36.0 Å². The van der Waals surface area contributed by atoms with Gasteiger partial charge in [-0.3, -0.25) is 9.52 Å². The second-order valence-corrected chi connectivity index (χ2v) is 14.7. The predicted molar refractivity (Wildman–Crippen MR) is 166 cm³/mol. The molecule has 0 bridgehead atoms. The molecule has 0 saturated heterocycles. The van der Waals surface area contributed by atoms with Crippen LogP contribution >= 0.6 is 23.2 Å².